The van der Waals surface area contributed by atoms with E-state index in [2.05, 4.69) is 42.6 Å². The quantitative estimate of drug-likeness (QED) is 0.855. The number of aliphatic hydroxyl groups is 1. The van der Waals surface area contributed by atoms with Crippen molar-refractivity contribution in [2.24, 2.45) is 0 Å². The van der Waals surface area contributed by atoms with E-state index in [0.29, 0.717) is 6.54 Å². The first-order valence-electron chi connectivity index (χ1n) is 6.80. The highest BCUT2D eigenvalue weighted by atomic mass is 16.3. The second kappa shape index (κ2) is 10.2. The molecule has 2 nitrogen and oxygen atoms in total. The summed E-state index contributed by atoms with van der Waals surface area (Å²) in [5.41, 5.74) is 2.50. The maximum atomic E-state index is 8.47. The Hall–Kier alpha value is -1.80. The van der Waals surface area contributed by atoms with Crippen molar-refractivity contribution in [2.75, 3.05) is 18.5 Å². The van der Waals surface area contributed by atoms with Gasteiger partial charge in [-0.25, -0.2) is 0 Å². The normalized spacial score (nSPS) is 9.37. The number of aryl methyl sites for hydroxylation is 1. The van der Waals surface area contributed by atoms with Gasteiger partial charge in [-0.15, -0.1) is 0 Å². The number of hydrogen-bond acceptors (Lipinski definition) is 2. The third-order valence-corrected chi connectivity index (χ3v) is 2.60. The minimum Gasteiger partial charge on any atom is -0.395 e. The van der Waals surface area contributed by atoms with Crippen LogP contribution in [0.5, 0.6) is 0 Å². The van der Waals surface area contributed by atoms with Gasteiger partial charge in [0.1, 0.15) is 0 Å². The van der Waals surface area contributed by atoms with E-state index in [1.54, 1.807) is 0 Å². The minimum atomic E-state index is 0.175. The molecule has 2 aromatic carbocycles. The first-order valence-corrected chi connectivity index (χ1v) is 6.80. The van der Waals surface area contributed by atoms with Crippen LogP contribution in [-0.2, 0) is 6.42 Å². The van der Waals surface area contributed by atoms with Crippen LogP contribution in [0.1, 0.15) is 18.9 Å². The van der Waals surface area contributed by atoms with Crippen LogP contribution in [0.3, 0.4) is 0 Å². The number of benzene rings is 2. The smallest absolute Gasteiger partial charge is 0.0604 e. The molecule has 0 aliphatic heterocycles. The van der Waals surface area contributed by atoms with Crippen LogP contribution < -0.4 is 5.32 Å². The van der Waals surface area contributed by atoms with Gasteiger partial charge < -0.3 is 10.4 Å². The van der Waals surface area contributed by atoms with Gasteiger partial charge in [-0.1, -0.05) is 61.9 Å². The fraction of sp³-hybridized carbons (Fsp3) is 0.294. The highest BCUT2D eigenvalue weighted by molar-refractivity contribution is 5.42. The Bertz CT molecular complexity index is 414. The summed E-state index contributed by atoms with van der Waals surface area (Å²) < 4.78 is 0. The SMILES string of the molecule is CCCc1ccccc1.OCCNc1ccccc1. The molecule has 2 rings (SSSR count). The van der Waals surface area contributed by atoms with Gasteiger partial charge in [0.05, 0.1) is 6.61 Å². The second-order valence-electron chi connectivity index (χ2n) is 4.25. The molecule has 2 aromatic rings. The third-order valence-electron chi connectivity index (χ3n) is 2.60. The predicted octanol–water partition coefficient (Wildman–Crippen LogP) is 3.73. The lowest BCUT2D eigenvalue weighted by atomic mass is 10.1. The molecule has 0 aromatic heterocycles. The van der Waals surface area contributed by atoms with Gasteiger partial charge in [0, 0.05) is 12.2 Å². The number of rotatable bonds is 5. The Labute approximate surface area is 116 Å². The van der Waals surface area contributed by atoms with Crippen LogP contribution in [0.15, 0.2) is 60.7 Å². The lowest BCUT2D eigenvalue weighted by molar-refractivity contribution is 0.311. The molecule has 0 radical (unpaired) electrons. The maximum absolute atomic E-state index is 8.47. The lowest BCUT2D eigenvalue weighted by Gasteiger charge is -2.01. The number of nitrogens with one attached hydrogen (secondary N) is 1. The van der Waals surface area contributed by atoms with Crippen LogP contribution in [0, 0.1) is 0 Å². The summed E-state index contributed by atoms with van der Waals surface area (Å²) in [6, 6.07) is 20.4. The summed E-state index contributed by atoms with van der Waals surface area (Å²) in [4.78, 5) is 0. The van der Waals surface area contributed by atoms with Crippen LogP contribution in [0.25, 0.3) is 0 Å². The summed E-state index contributed by atoms with van der Waals surface area (Å²) >= 11 is 0. The van der Waals surface area contributed by atoms with Gasteiger partial charge in [0.2, 0.25) is 0 Å². The van der Waals surface area contributed by atoms with Gasteiger partial charge >= 0.3 is 0 Å². The molecule has 0 saturated heterocycles. The molecule has 0 heterocycles. The average Bonchev–Trinajstić information content (AvgIpc) is 2.48. The van der Waals surface area contributed by atoms with E-state index in [1.807, 2.05) is 30.3 Å². The highest BCUT2D eigenvalue weighted by Gasteiger charge is 1.85. The summed E-state index contributed by atoms with van der Waals surface area (Å²) in [6.45, 7) is 2.99. The molecule has 2 heteroatoms. The monoisotopic (exact) mass is 257 g/mol. The number of hydrogen-bond donors (Lipinski definition) is 2. The van der Waals surface area contributed by atoms with Crippen LogP contribution in [0.2, 0.25) is 0 Å². The zero-order chi connectivity index (χ0) is 13.8. The van der Waals surface area contributed by atoms with Gasteiger partial charge in [-0.3, -0.25) is 0 Å². The minimum absolute atomic E-state index is 0.175. The van der Waals surface area contributed by atoms with E-state index in [-0.39, 0.29) is 6.61 Å². The Balaban J connectivity index is 0.000000191. The van der Waals surface area contributed by atoms with E-state index < -0.39 is 0 Å². The van der Waals surface area contributed by atoms with Gasteiger partial charge in [0.15, 0.2) is 0 Å². The van der Waals surface area contributed by atoms with Crippen LogP contribution >= 0.6 is 0 Å². The first kappa shape index (κ1) is 15.3. The van der Waals surface area contributed by atoms with E-state index >= 15 is 0 Å². The van der Waals surface area contributed by atoms with Crippen molar-refractivity contribution in [1.29, 1.82) is 0 Å². The van der Waals surface area contributed by atoms with Crippen molar-refractivity contribution in [2.45, 2.75) is 19.8 Å². The zero-order valence-electron chi connectivity index (χ0n) is 11.5. The summed E-state index contributed by atoms with van der Waals surface area (Å²) in [6.07, 6.45) is 2.45. The maximum Gasteiger partial charge on any atom is 0.0604 e. The van der Waals surface area contributed by atoms with Crippen molar-refractivity contribution in [3.05, 3.63) is 66.2 Å². The predicted molar refractivity (Wildman–Crippen MR) is 82.5 cm³/mol. The van der Waals surface area contributed by atoms with E-state index in [1.165, 1.54) is 18.4 Å². The Morgan fingerprint density at radius 3 is 2.00 bits per heavy atom. The van der Waals surface area contributed by atoms with Gasteiger partial charge in [-0.05, 0) is 24.1 Å². The fourth-order valence-electron chi connectivity index (χ4n) is 1.69. The lowest BCUT2D eigenvalue weighted by Crippen LogP contribution is -2.04. The van der Waals surface area contributed by atoms with E-state index in [0.717, 1.165) is 5.69 Å². The summed E-state index contributed by atoms with van der Waals surface area (Å²) in [5.74, 6) is 0. The third kappa shape index (κ3) is 7.27. The van der Waals surface area contributed by atoms with Crippen molar-refractivity contribution < 1.29 is 5.11 Å². The van der Waals surface area contributed by atoms with Crippen LogP contribution in [-0.4, -0.2) is 18.3 Å². The van der Waals surface area contributed by atoms with Crippen molar-refractivity contribution in [1.82, 2.24) is 0 Å². The zero-order valence-corrected chi connectivity index (χ0v) is 11.5. The molecule has 0 unspecified atom stereocenters. The second-order valence-corrected chi connectivity index (χ2v) is 4.25. The average molecular weight is 257 g/mol. The summed E-state index contributed by atoms with van der Waals surface area (Å²) in [5, 5.41) is 11.5. The summed E-state index contributed by atoms with van der Waals surface area (Å²) in [7, 11) is 0. The molecule has 2 N–H and O–H groups in total. The van der Waals surface area contributed by atoms with Crippen molar-refractivity contribution >= 4 is 5.69 Å². The van der Waals surface area contributed by atoms with Gasteiger partial charge in [-0.2, -0.15) is 0 Å². The first-order chi connectivity index (χ1) is 9.36. The van der Waals surface area contributed by atoms with Crippen LogP contribution in [0.4, 0.5) is 5.69 Å². The number of anilines is 1. The highest BCUT2D eigenvalue weighted by Crippen LogP contribution is 2.03. The fourth-order valence-corrected chi connectivity index (χ4v) is 1.69. The molecule has 0 aliphatic rings. The molecular formula is C17H23NO. The Morgan fingerprint density at radius 1 is 0.895 bits per heavy atom. The topological polar surface area (TPSA) is 32.3 Å². The molecule has 19 heavy (non-hydrogen) atoms. The molecule has 0 atom stereocenters. The molecule has 0 saturated carbocycles. The van der Waals surface area contributed by atoms with E-state index in [4.69, 9.17) is 5.11 Å². The molecule has 0 aliphatic carbocycles. The Kier molecular flexibility index (Phi) is 8.15. The van der Waals surface area contributed by atoms with E-state index in [9.17, 15) is 0 Å². The van der Waals surface area contributed by atoms with Crippen molar-refractivity contribution in [3.8, 4) is 0 Å². The van der Waals surface area contributed by atoms with Gasteiger partial charge in [0.25, 0.3) is 0 Å². The largest absolute Gasteiger partial charge is 0.395 e. The van der Waals surface area contributed by atoms with Crippen molar-refractivity contribution in [3.63, 3.8) is 0 Å². The Morgan fingerprint density at radius 2 is 1.47 bits per heavy atom. The molecule has 102 valence electrons. The molecule has 0 bridgehead atoms. The molecule has 0 fully saturated rings. The number of aliphatic hydroxyl groups excluding tert-OH is 1. The molecule has 0 amide bonds. The number of para-hydroxylation sites is 1. The standard InChI is InChI=1S/C9H12.C8H11NO/c1-2-6-9-7-4-3-5-8-9;10-7-6-9-8-4-2-1-3-5-8/h3-5,7-8H,2,6H2,1H3;1-5,9-10H,6-7H2. The molecular weight excluding hydrogens is 234 g/mol. The molecule has 0 spiro atoms.